The van der Waals surface area contributed by atoms with Crippen molar-refractivity contribution in [1.29, 1.82) is 5.26 Å². The maximum Gasteiger partial charge on any atom is 0.235 e. The molecule has 3 heterocycles. The standard InChI is InChI=1S/C26H28N4O3/c1-18(31)30-9-6-20-15-22(4-3-21(20)17-30)33-13-12-29-10-7-26(8-11-29)23-14-19(16-27)2-5-24(23)28-25(26)32/h2-5,14-15H,6-13,17H2,1H3,(H,28,32). The molecule has 0 unspecified atom stereocenters. The summed E-state index contributed by atoms with van der Waals surface area (Å²) in [7, 11) is 0. The van der Waals surface area contributed by atoms with Gasteiger partial charge in [-0.3, -0.25) is 14.5 Å². The van der Waals surface area contributed by atoms with Gasteiger partial charge in [0, 0.05) is 32.2 Å². The molecule has 1 fully saturated rings. The Morgan fingerprint density at radius 1 is 1.15 bits per heavy atom. The van der Waals surface area contributed by atoms with Crippen LogP contribution in [-0.2, 0) is 28.0 Å². The predicted molar refractivity (Wildman–Crippen MR) is 124 cm³/mol. The Kier molecular flexibility index (Phi) is 5.55. The second-order valence-corrected chi connectivity index (χ2v) is 9.22. The number of carbonyl (C=O) groups excluding carboxylic acids is 2. The van der Waals surface area contributed by atoms with Gasteiger partial charge in [-0.1, -0.05) is 6.07 Å². The van der Waals surface area contributed by atoms with E-state index in [1.54, 1.807) is 13.0 Å². The lowest BCUT2D eigenvalue weighted by atomic mass is 9.73. The first-order chi connectivity index (χ1) is 16.0. The van der Waals surface area contributed by atoms with Crippen molar-refractivity contribution in [3.05, 3.63) is 58.7 Å². The van der Waals surface area contributed by atoms with Crippen LogP contribution in [0.1, 0.15) is 42.0 Å². The number of piperidine rings is 1. The van der Waals surface area contributed by atoms with E-state index in [9.17, 15) is 14.9 Å². The molecule has 7 nitrogen and oxygen atoms in total. The van der Waals surface area contributed by atoms with E-state index in [0.29, 0.717) is 18.7 Å². The topological polar surface area (TPSA) is 85.7 Å². The van der Waals surface area contributed by atoms with Gasteiger partial charge in [-0.25, -0.2) is 0 Å². The zero-order valence-electron chi connectivity index (χ0n) is 18.9. The Labute approximate surface area is 193 Å². The zero-order valence-corrected chi connectivity index (χ0v) is 18.9. The van der Waals surface area contributed by atoms with Crippen LogP contribution in [0.2, 0.25) is 0 Å². The van der Waals surface area contributed by atoms with Crippen LogP contribution in [0.5, 0.6) is 5.75 Å². The van der Waals surface area contributed by atoms with Crippen molar-refractivity contribution in [3.8, 4) is 11.8 Å². The maximum absolute atomic E-state index is 12.8. The van der Waals surface area contributed by atoms with Crippen molar-refractivity contribution in [2.24, 2.45) is 0 Å². The van der Waals surface area contributed by atoms with Crippen LogP contribution >= 0.6 is 0 Å². The number of nitrogens with one attached hydrogen (secondary N) is 1. The van der Waals surface area contributed by atoms with Gasteiger partial charge in [0.15, 0.2) is 0 Å². The fourth-order valence-corrected chi connectivity index (χ4v) is 5.32. The lowest BCUT2D eigenvalue weighted by molar-refractivity contribution is -0.129. The summed E-state index contributed by atoms with van der Waals surface area (Å²) >= 11 is 0. The lowest BCUT2D eigenvalue weighted by Gasteiger charge is -2.38. The Bertz CT molecular complexity index is 1140. The van der Waals surface area contributed by atoms with E-state index in [1.165, 1.54) is 11.1 Å². The molecule has 2 amide bonds. The fraction of sp³-hybridized carbons (Fsp3) is 0.423. The van der Waals surface area contributed by atoms with Gasteiger partial charge in [0.1, 0.15) is 12.4 Å². The molecular weight excluding hydrogens is 416 g/mol. The minimum Gasteiger partial charge on any atom is -0.492 e. The number of nitriles is 1. The number of ether oxygens (including phenoxy) is 1. The first-order valence-corrected chi connectivity index (χ1v) is 11.6. The molecular formula is C26H28N4O3. The SMILES string of the molecule is CC(=O)N1CCc2cc(OCCN3CCC4(CC3)C(=O)Nc3ccc(C#N)cc34)ccc2C1. The van der Waals surface area contributed by atoms with Crippen LogP contribution in [0.3, 0.4) is 0 Å². The third-order valence-corrected chi connectivity index (χ3v) is 7.37. The molecule has 0 bridgehead atoms. The summed E-state index contributed by atoms with van der Waals surface area (Å²) in [6, 6.07) is 13.8. The summed E-state index contributed by atoms with van der Waals surface area (Å²) < 4.78 is 6.04. The van der Waals surface area contributed by atoms with Gasteiger partial charge in [-0.2, -0.15) is 5.26 Å². The number of benzene rings is 2. The van der Waals surface area contributed by atoms with Crippen LogP contribution in [0.25, 0.3) is 0 Å². The number of hydrogen-bond donors (Lipinski definition) is 1. The lowest BCUT2D eigenvalue weighted by Crippen LogP contribution is -2.47. The van der Waals surface area contributed by atoms with Gasteiger partial charge in [0.25, 0.3) is 0 Å². The third-order valence-electron chi connectivity index (χ3n) is 7.37. The molecule has 7 heteroatoms. The molecule has 33 heavy (non-hydrogen) atoms. The molecule has 3 aliphatic rings. The van der Waals surface area contributed by atoms with E-state index in [-0.39, 0.29) is 11.8 Å². The number of amides is 2. The van der Waals surface area contributed by atoms with Gasteiger partial charge in [-0.05, 0) is 79.4 Å². The summed E-state index contributed by atoms with van der Waals surface area (Å²) in [6.07, 6.45) is 2.34. The van der Waals surface area contributed by atoms with Crippen LogP contribution < -0.4 is 10.1 Å². The van der Waals surface area contributed by atoms with Crippen molar-refractivity contribution >= 4 is 17.5 Å². The molecule has 1 saturated heterocycles. The molecule has 0 saturated carbocycles. The molecule has 170 valence electrons. The van der Waals surface area contributed by atoms with Crippen molar-refractivity contribution < 1.29 is 14.3 Å². The van der Waals surface area contributed by atoms with E-state index < -0.39 is 5.41 Å². The van der Waals surface area contributed by atoms with Gasteiger partial charge in [0.05, 0.1) is 17.0 Å². The van der Waals surface area contributed by atoms with Crippen molar-refractivity contribution in [2.75, 3.05) is 38.1 Å². The van der Waals surface area contributed by atoms with Crippen molar-refractivity contribution in [2.45, 2.75) is 38.1 Å². The summed E-state index contributed by atoms with van der Waals surface area (Å²) in [5.41, 5.74) is 4.34. The highest BCUT2D eigenvalue weighted by molar-refractivity contribution is 6.06. The number of fused-ring (bicyclic) bond motifs is 3. The molecule has 3 aliphatic heterocycles. The number of anilines is 1. The van der Waals surface area contributed by atoms with Crippen molar-refractivity contribution in [1.82, 2.24) is 9.80 Å². The average molecular weight is 445 g/mol. The zero-order chi connectivity index (χ0) is 23.0. The Morgan fingerprint density at radius 3 is 2.73 bits per heavy atom. The third kappa shape index (κ3) is 3.96. The second-order valence-electron chi connectivity index (χ2n) is 9.22. The van der Waals surface area contributed by atoms with E-state index in [2.05, 4.69) is 28.4 Å². The van der Waals surface area contributed by atoms with Gasteiger partial charge < -0.3 is 15.0 Å². The summed E-state index contributed by atoms with van der Waals surface area (Å²) in [5, 5.41) is 12.3. The van der Waals surface area contributed by atoms with Crippen molar-refractivity contribution in [3.63, 3.8) is 0 Å². The average Bonchev–Trinajstić information content (AvgIpc) is 3.10. The smallest absolute Gasteiger partial charge is 0.235 e. The van der Waals surface area contributed by atoms with Crippen LogP contribution in [0, 0.1) is 11.3 Å². The Balaban J connectivity index is 1.16. The van der Waals surface area contributed by atoms with Gasteiger partial charge >= 0.3 is 0 Å². The largest absolute Gasteiger partial charge is 0.492 e. The molecule has 2 aromatic rings. The first kappa shape index (κ1) is 21.5. The first-order valence-electron chi connectivity index (χ1n) is 11.6. The van der Waals surface area contributed by atoms with Crippen LogP contribution in [-0.4, -0.2) is 54.4 Å². The molecule has 0 aliphatic carbocycles. The molecule has 5 rings (SSSR count). The van der Waals surface area contributed by atoms with E-state index >= 15 is 0 Å². The second kappa shape index (κ2) is 8.53. The number of nitrogens with zero attached hydrogens (tertiary/aromatic N) is 3. The number of hydrogen-bond acceptors (Lipinski definition) is 5. The van der Waals surface area contributed by atoms with E-state index in [0.717, 1.165) is 62.4 Å². The number of rotatable bonds is 4. The van der Waals surface area contributed by atoms with E-state index in [1.807, 2.05) is 23.1 Å². The molecule has 0 aromatic heterocycles. The molecule has 2 aromatic carbocycles. The molecule has 1 spiro atoms. The predicted octanol–water partition coefficient (Wildman–Crippen LogP) is 2.83. The highest BCUT2D eigenvalue weighted by Gasteiger charge is 2.48. The minimum absolute atomic E-state index is 0.0564. The summed E-state index contributed by atoms with van der Waals surface area (Å²) in [6.45, 7) is 6.08. The Hall–Kier alpha value is -3.37. The Morgan fingerprint density at radius 2 is 1.97 bits per heavy atom. The highest BCUT2D eigenvalue weighted by Crippen LogP contribution is 2.45. The summed E-state index contributed by atoms with van der Waals surface area (Å²) in [4.78, 5) is 28.7. The number of carbonyl (C=O) groups is 2. The highest BCUT2D eigenvalue weighted by atomic mass is 16.5. The molecule has 1 N–H and O–H groups in total. The van der Waals surface area contributed by atoms with Gasteiger partial charge in [0.2, 0.25) is 11.8 Å². The van der Waals surface area contributed by atoms with E-state index in [4.69, 9.17) is 4.74 Å². The van der Waals surface area contributed by atoms with Crippen LogP contribution in [0.4, 0.5) is 5.69 Å². The van der Waals surface area contributed by atoms with Gasteiger partial charge in [-0.15, -0.1) is 0 Å². The minimum atomic E-state index is -0.522. The molecule has 0 radical (unpaired) electrons. The monoisotopic (exact) mass is 444 g/mol. The summed E-state index contributed by atoms with van der Waals surface area (Å²) in [5.74, 6) is 1.04. The number of likely N-dealkylation sites (tertiary alicyclic amines) is 1. The maximum atomic E-state index is 12.8. The van der Waals surface area contributed by atoms with Crippen LogP contribution in [0.15, 0.2) is 36.4 Å². The quantitative estimate of drug-likeness (QED) is 0.784. The fourth-order valence-electron chi connectivity index (χ4n) is 5.32. The molecule has 0 atom stereocenters. The normalized spacial score (nSPS) is 18.9.